The van der Waals surface area contributed by atoms with Crippen molar-refractivity contribution in [2.24, 2.45) is 0 Å². The number of para-hydroxylation sites is 1. The largest absolute Gasteiger partial charge is 0.485 e. The number of nitrogens with zero attached hydrogens (tertiary/aromatic N) is 1. The van der Waals surface area contributed by atoms with Gasteiger partial charge in [0, 0.05) is 23.3 Å². The second-order valence-electron chi connectivity index (χ2n) is 4.43. The predicted octanol–water partition coefficient (Wildman–Crippen LogP) is 3.50. The van der Waals surface area contributed by atoms with Crippen LogP contribution in [0.15, 0.2) is 67.0 Å². The first-order valence-electron chi connectivity index (χ1n) is 6.38. The Morgan fingerprint density at radius 1 is 0.950 bits per heavy atom. The minimum Gasteiger partial charge on any atom is -0.485 e. The highest BCUT2D eigenvalue weighted by Gasteiger charge is 2.11. The van der Waals surface area contributed by atoms with Gasteiger partial charge in [0.2, 0.25) is 5.78 Å². The van der Waals surface area contributed by atoms with E-state index in [-0.39, 0.29) is 12.4 Å². The summed E-state index contributed by atoms with van der Waals surface area (Å²) in [5, 5.41) is 1.86. The summed E-state index contributed by atoms with van der Waals surface area (Å²) in [6.45, 7) is 0.0136. The Labute approximate surface area is 116 Å². The van der Waals surface area contributed by atoms with E-state index in [2.05, 4.69) is 4.98 Å². The van der Waals surface area contributed by atoms with E-state index in [0.29, 0.717) is 11.3 Å². The van der Waals surface area contributed by atoms with Crippen LogP contribution in [0, 0.1) is 0 Å². The maximum atomic E-state index is 12.3. The number of ketones is 1. The highest BCUT2D eigenvalue weighted by atomic mass is 16.5. The topological polar surface area (TPSA) is 39.2 Å². The molecule has 0 aliphatic rings. The maximum absolute atomic E-state index is 12.3. The lowest BCUT2D eigenvalue weighted by Gasteiger charge is -2.07. The molecule has 0 radical (unpaired) electrons. The normalized spacial score (nSPS) is 10.4. The Bertz CT molecular complexity index is 733. The van der Waals surface area contributed by atoms with E-state index in [4.69, 9.17) is 4.74 Å². The number of hydrogen-bond acceptors (Lipinski definition) is 3. The monoisotopic (exact) mass is 263 g/mol. The van der Waals surface area contributed by atoms with Crippen LogP contribution in [0.2, 0.25) is 0 Å². The Hall–Kier alpha value is -2.68. The highest BCUT2D eigenvalue weighted by Crippen LogP contribution is 2.18. The summed E-state index contributed by atoms with van der Waals surface area (Å²) >= 11 is 0. The molecule has 0 saturated carbocycles. The molecule has 0 fully saturated rings. The summed E-state index contributed by atoms with van der Waals surface area (Å²) in [4.78, 5) is 16.4. The quantitative estimate of drug-likeness (QED) is 0.676. The van der Waals surface area contributed by atoms with Crippen molar-refractivity contribution in [1.82, 2.24) is 4.98 Å². The molecule has 1 heterocycles. The number of pyridine rings is 1. The van der Waals surface area contributed by atoms with Crippen LogP contribution in [0.4, 0.5) is 0 Å². The smallest absolute Gasteiger partial charge is 0.202 e. The number of ether oxygens (including phenoxy) is 1. The first-order valence-corrected chi connectivity index (χ1v) is 6.38. The van der Waals surface area contributed by atoms with Gasteiger partial charge in [-0.3, -0.25) is 9.78 Å². The molecule has 0 spiro atoms. The molecule has 0 aliphatic heterocycles. The van der Waals surface area contributed by atoms with Gasteiger partial charge < -0.3 is 4.74 Å². The first-order chi connectivity index (χ1) is 9.84. The lowest BCUT2D eigenvalue weighted by molar-refractivity contribution is 0.0923. The molecule has 0 bridgehead atoms. The van der Waals surface area contributed by atoms with Gasteiger partial charge in [-0.15, -0.1) is 0 Å². The van der Waals surface area contributed by atoms with E-state index in [1.54, 1.807) is 12.4 Å². The van der Waals surface area contributed by atoms with Crippen molar-refractivity contribution in [1.29, 1.82) is 0 Å². The van der Waals surface area contributed by atoms with Gasteiger partial charge in [-0.25, -0.2) is 0 Å². The zero-order chi connectivity index (χ0) is 13.8. The molecule has 0 aliphatic carbocycles. The summed E-state index contributed by atoms with van der Waals surface area (Å²) in [6.07, 6.45) is 3.35. The fourth-order valence-corrected chi connectivity index (χ4v) is 2.08. The molecule has 0 N–H and O–H groups in total. The van der Waals surface area contributed by atoms with Crippen molar-refractivity contribution in [3.8, 4) is 5.75 Å². The van der Waals surface area contributed by atoms with Crippen molar-refractivity contribution in [3.05, 3.63) is 72.6 Å². The van der Waals surface area contributed by atoms with Gasteiger partial charge in [0.05, 0.1) is 0 Å². The average Bonchev–Trinajstić information content (AvgIpc) is 2.53. The van der Waals surface area contributed by atoms with Crippen LogP contribution in [-0.2, 0) is 0 Å². The van der Waals surface area contributed by atoms with Crippen molar-refractivity contribution >= 4 is 16.6 Å². The van der Waals surface area contributed by atoms with Crippen molar-refractivity contribution < 1.29 is 9.53 Å². The zero-order valence-corrected chi connectivity index (χ0v) is 10.8. The van der Waals surface area contributed by atoms with Crippen LogP contribution >= 0.6 is 0 Å². The molecule has 20 heavy (non-hydrogen) atoms. The molecule has 3 nitrogen and oxygen atoms in total. The molecule has 0 amide bonds. The minimum atomic E-state index is -0.0712. The number of carbonyl (C=O) groups excluding carboxylic acids is 1. The van der Waals surface area contributed by atoms with Gasteiger partial charge in [-0.2, -0.15) is 0 Å². The summed E-state index contributed by atoms with van der Waals surface area (Å²) in [7, 11) is 0. The fraction of sp³-hybridized carbons (Fsp3) is 0.0588. The summed E-state index contributed by atoms with van der Waals surface area (Å²) in [5.41, 5.74) is 0.596. The number of aromatic nitrogens is 1. The van der Waals surface area contributed by atoms with E-state index in [9.17, 15) is 4.79 Å². The molecular formula is C17H13NO2. The molecule has 3 heteroatoms. The van der Waals surface area contributed by atoms with Gasteiger partial charge >= 0.3 is 0 Å². The van der Waals surface area contributed by atoms with E-state index >= 15 is 0 Å². The number of benzene rings is 2. The summed E-state index contributed by atoms with van der Waals surface area (Å²) < 4.78 is 5.49. The average molecular weight is 263 g/mol. The van der Waals surface area contributed by atoms with Gasteiger partial charge in [-0.1, -0.05) is 42.5 Å². The molecule has 2 aromatic carbocycles. The van der Waals surface area contributed by atoms with Crippen molar-refractivity contribution in [2.75, 3.05) is 6.61 Å². The third-order valence-corrected chi connectivity index (χ3v) is 3.08. The van der Waals surface area contributed by atoms with Crippen LogP contribution in [0.5, 0.6) is 5.75 Å². The van der Waals surface area contributed by atoms with E-state index in [1.165, 1.54) is 0 Å². The molecular weight excluding hydrogens is 250 g/mol. The van der Waals surface area contributed by atoms with Crippen LogP contribution < -0.4 is 4.74 Å². The van der Waals surface area contributed by atoms with E-state index in [1.807, 2.05) is 54.6 Å². The molecule has 0 atom stereocenters. The minimum absolute atomic E-state index is 0.0136. The van der Waals surface area contributed by atoms with Crippen LogP contribution in [0.25, 0.3) is 10.8 Å². The third kappa shape index (κ3) is 2.52. The molecule has 3 aromatic rings. The van der Waals surface area contributed by atoms with Gasteiger partial charge in [0.25, 0.3) is 0 Å². The lowest BCUT2D eigenvalue weighted by Crippen LogP contribution is -2.12. The maximum Gasteiger partial charge on any atom is 0.202 e. The second-order valence-corrected chi connectivity index (χ2v) is 4.43. The molecule has 0 saturated heterocycles. The van der Waals surface area contributed by atoms with Crippen molar-refractivity contribution in [2.45, 2.75) is 0 Å². The molecule has 3 rings (SSSR count). The standard InChI is InChI=1S/C17H13NO2/c19-17(12-20-14-7-2-1-3-8-14)16-11-18-10-13-6-4-5-9-15(13)16/h1-11H,12H2. The Balaban J connectivity index is 1.82. The van der Waals surface area contributed by atoms with E-state index < -0.39 is 0 Å². The molecule has 1 aromatic heterocycles. The third-order valence-electron chi connectivity index (χ3n) is 3.08. The lowest BCUT2D eigenvalue weighted by atomic mass is 10.1. The fourth-order valence-electron chi connectivity index (χ4n) is 2.08. The van der Waals surface area contributed by atoms with Gasteiger partial charge in [0.15, 0.2) is 6.61 Å². The van der Waals surface area contributed by atoms with Crippen molar-refractivity contribution in [3.63, 3.8) is 0 Å². The highest BCUT2D eigenvalue weighted by molar-refractivity contribution is 6.08. The molecule has 98 valence electrons. The Kier molecular flexibility index (Phi) is 3.42. The number of hydrogen-bond donors (Lipinski definition) is 0. The number of Topliss-reactive ketones (excluding diaryl/α,β-unsaturated/α-hetero) is 1. The Morgan fingerprint density at radius 3 is 2.55 bits per heavy atom. The first kappa shape index (κ1) is 12.4. The predicted molar refractivity (Wildman–Crippen MR) is 78.0 cm³/mol. The summed E-state index contributed by atoms with van der Waals surface area (Å²) in [5.74, 6) is 0.618. The van der Waals surface area contributed by atoms with Crippen LogP contribution in [0.1, 0.15) is 10.4 Å². The summed E-state index contributed by atoms with van der Waals surface area (Å²) in [6, 6.07) is 17.0. The van der Waals surface area contributed by atoms with Crippen LogP contribution in [-0.4, -0.2) is 17.4 Å². The second kappa shape index (κ2) is 5.53. The van der Waals surface area contributed by atoms with E-state index in [0.717, 1.165) is 10.8 Å². The SMILES string of the molecule is O=C(COc1ccccc1)c1cncc2ccccc12. The Morgan fingerprint density at radius 2 is 1.70 bits per heavy atom. The number of rotatable bonds is 4. The molecule has 0 unspecified atom stereocenters. The van der Waals surface area contributed by atoms with Crippen LogP contribution in [0.3, 0.4) is 0 Å². The number of fused-ring (bicyclic) bond motifs is 1. The number of carbonyl (C=O) groups is 1. The van der Waals surface area contributed by atoms with Gasteiger partial charge in [0.1, 0.15) is 5.75 Å². The van der Waals surface area contributed by atoms with Gasteiger partial charge in [-0.05, 0) is 17.5 Å². The zero-order valence-electron chi connectivity index (χ0n) is 10.8.